The summed E-state index contributed by atoms with van der Waals surface area (Å²) in [4.78, 5) is 0. The van der Waals surface area contributed by atoms with Crippen molar-refractivity contribution in [1.29, 1.82) is 0 Å². The summed E-state index contributed by atoms with van der Waals surface area (Å²) in [6.45, 7) is -9.80. The van der Waals surface area contributed by atoms with Gasteiger partial charge in [-0.2, -0.15) is 5.10 Å². The lowest BCUT2D eigenvalue weighted by Crippen LogP contribution is -2.21. The molecule has 0 aliphatic heterocycles. The van der Waals surface area contributed by atoms with E-state index < -0.39 is 26.1 Å². The third-order valence-electron chi connectivity index (χ3n) is 0.848. The second-order valence-electron chi connectivity index (χ2n) is 1.66. The van der Waals surface area contributed by atoms with Gasteiger partial charge < -0.3 is 0 Å². The van der Waals surface area contributed by atoms with Crippen LogP contribution in [0, 0.1) is 0 Å². The van der Waals surface area contributed by atoms with E-state index in [-0.39, 0.29) is 0 Å². The molecule has 0 radical (unpaired) electrons. The van der Waals surface area contributed by atoms with Crippen LogP contribution in [0.5, 0.6) is 0 Å². The summed E-state index contributed by atoms with van der Waals surface area (Å²) in [5.41, 5.74) is -3.06. The Kier molecular flexibility index (Phi) is 0.299. The minimum Gasteiger partial charge on any atom is -0.268 e. The monoisotopic (exact) mass is 133 g/mol. The number of hydrogen-bond donors (Lipinski definition) is 0. The van der Waals surface area contributed by atoms with Gasteiger partial charge in [0.15, 0.2) is 0 Å². The molecule has 1 rings (SSSR count). The van der Waals surface area contributed by atoms with Crippen molar-refractivity contribution in [3.8, 4) is 0 Å². The van der Waals surface area contributed by atoms with Gasteiger partial charge in [0.05, 0.1) is 5.54 Å². The molecule has 1 aromatic heterocycles. The van der Waals surface area contributed by atoms with Gasteiger partial charge in [-0.25, -0.2) is 0 Å². The Morgan fingerprint density at radius 1 is 1.56 bits per heavy atom. The maximum Gasteiger partial charge on any atom is 0.0543 e. The van der Waals surface area contributed by atoms with E-state index in [0.717, 1.165) is 12.4 Å². The quantitative estimate of drug-likeness (QED) is 0.526. The summed E-state index contributed by atoms with van der Waals surface area (Å²) < 4.78 is 66.9. The molecule has 0 aliphatic rings. The first kappa shape index (κ1) is 1.44. The molecule has 0 unspecified atom stereocenters. The van der Waals surface area contributed by atoms with Crippen LogP contribution in [0.15, 0.2) is 18.5 Å². The van der Waals surface area contributed by atoms with E-state index in [1.165, 1.54) is 6.07 Å². The van der Waals surface area contributed by atoms with E-state index in [9.17, 15) is 0 Å². The third-order valence-corrected chi connectivity index (χ3v) is 0.848. The normalized spacial score (nSPS) is 30.9. The molecule has 0 atom stereocenters. The molecule has 1 heterocycles. The fraction of sp³-hybridized carbons (Fsp3) is 0.571. The molecule has 0 saturated carbocycles. The number of hydrogen-bond acceptors (Lipinski definition) is 1. The van der Waals surface area contributed by atoms with Crippen LogP contribution in [-0.2, 0) is 5.54 Å². The fourth-order valence-electron chi connectivity index (χ4n) is 0.467. The highest BCUT2D eigenvalue weighted by Gasteiger charge is 2.10. The van der Waals surface area contributed by atoms with Crippen molar-refractivity contribution in [1.82, 2.24) is 9.78 Å². The molecule has 0 bridgehead atoms. The molecule has 50 valence electrons. The van der Waals surface area contributed by atoms with E-state index in [0.29, 0.717) is 4.68 Å². The summed E-state index contributed by atoms with van der Waals surface area (Å²) in [7, 11) is 0. The third kappa shape index (κ3) is 1.31. The van der Waals surface area contributed by atoms with E-state index in [4.69, 9.17) is 12.3 Å². The smallest absolute Gasteiger partial charge is 0.0543 e. The predicted molar refractivity (Wildman–Crippen MR) is 37.2 cm³/mol. The molecule has 2 heteroatoms. The van der Waals surface area contributed by atoms with Crippen molar-refractivity contribution in [2.75, 3.05) is 0 Å². The molecule has 0 aromatic carbocycles. The van der Waals surface area contributed by atoms with Crippen LogP contribution < -0.4 is 0 Å². The molecule has 0 fully saturated rings. The summed E-state index contributed by atoms with van der Waals surface area (Å²) in [6, 6.07) is 1.28. The van der Waals surface area contributed by atoms with Crippen LogP contribution in [-0.4, -0.2) is 9.78 Å². The van der Waals surface area contributed by atoms with Crippen molar-refractivity contribution in [2.24, 2.45) is 0 Å². The second-order valence-corrected chi connectivity index (χ2v) is 1.66. The average Bonchev–Trinajstić information content (AvgIpc) is 2.48. The molecule has 0 amide bonds. The van der Waals surface area contributed by atoms with Gasteiger partial charge in [0, 0.05) is 24.7 Å². The predicted octanol–water partition coefficient (Wildman–Crippen LogP) is 1.64. The first-order valence-corrected chi connectivity index (χ1v) is 2.36. The standard InChI is InChI=1S/C7H12N2/c1-7(2,3)9-6-4-5-8-9/h4-6H,1-3H3/i1D3,2D3,3D3. The van der Waals surface area contributed by atoms with Crippen LogP contribution in [0.4, 0.5) is 0 Å². The van der Waals surface area contributed by atoms with Gasteiger partial charge in [-0.3, -0.25) is 4.68 Å². The van der Waals surface area contributed by atoms with Crippen LogP contribution in [0.2, 0.25) is 0 Å². The van der Waals surface area contributed by atoms with Crippen LogP contribution >= 0.6 is 0 Å². The highest BCUT2D eigenvalue weighted by molar-refractivity contribution is 4.83. The van der Waals surface area contributed by atoms with Gasteiger partial charge >= 0.3 is 0 Å². The van der Waals surface area contributed by atoms with Gasteiger partial charge in [0.25, 0.3) is 0 Å². The molecule has 0 spiro atoms. The summed E-state index contributed by atoms with van der Waals surface area (Å²) in [6.07, 6.45) is 2.17. The van der Waals surface area contributed by atoms with Gasteiger partial charge in [-0.1, -0.05) is 0 Å². The van der Waals surface area contributed by atoms with E-state index >= 15 is 0 Å². The Balaban J connectivity index is 3.70. The molecule has 1 aromatic rings. The zero-order chi connectivity index (χ0) is 14.4. The Bertz CT molecular complexity index is 360. The molecule has 0 aliphatic carbocycles. The van der Waals surface area contributed by atoms with Crippen molar-refractivity contribution < 1.29 is 12.3 Å². The minimum absolute atomic E-state index is 0.500. The van der Waals surface area contributed by atoms with Crippen LogP contribution in [0.1, 0.15) is 32.9 Å². The SMILES string of the molecule is [2H]C([2H])([2H])C(n1cccn1)(C([2H])([2H])[2H])C([2H])([2H])[2H]. The number of nitrogens with zero attached hydrogens (tertiary/aromatic N) is 2. The molecule has 9 heavy (non-hydrogen) atoms. The van der Waals surface area contributed by atoms with Crippen LogP contribution in [0.25, 0.3) is 0 Å². The number of aromatic nitrogens is 2. The van der Waals surface area contributed by atoms with Crippen molar-refractivity contribution in [3.63, 3.8) is 0 Å². The summed E-state index contributed by atoms with van der Waals surface area (Å²) in [5.74, 6) is 0. The number of rotatable bonds is 0. The Morgan fingerprint density at radius 3 is 2.78 bits per heavy atom. The topological polar surface area (TPSA) is 17.8 Å². The van der Waals surface area contributed by atoms with E-state index in [1.807, 2.05) is 0 Å². The van der Waals surface area contributed by atoms with E-state index in [2.05, 4.69) is 5.10 Å². The Labute approximate surface area is 68.1 Å². The van der Waals surface area contributed by atoms with Crippen molar-refractivity contribution >= 4 is 0 Å². The molecule has 2 nitrogen and oxygen atoms in total. The van der Waals surface area contributed by atoms with E-state index in [1.54, 1.807) is 0 Å². The van der Waals surface area contributed by atoms with Crippen LogP contribution in [0.3, 0.4) is 0 Å². The Morgan fingerprint density at radius 2 is 2.33 bits per heavy atom. The highest BCUT2D eigenvalue weighted by Crippen LogP contribution is 2.09. The molecular formula is C7H12N2. The first-order valence-electron chi connectivity index (χ1n) is 6.86. The van der Waals surface area contributed by atoms with Gasteiger partial charge in [-0.05, 0) is 26.6 Å². The lowest BCUT2D eigenvalue weighted by molar-refractivity contribution is 0.355. The summed E-state index contributed by atoms with van der Waals surface area (Å²) in [5, 5.41) is 3.52. The lowest BCUT2D eigenvalue weighted by atomic mass is 10.1. The van der Waals surface area contributed by atoms with Gasteiger partial charge in [0.2, 0.25) is 0 Å². The fourth-order valence-corrected chi connectivity index (χ4v) is 0.467. The first-order chi connectivity index (χ1) is 7.86. The van der Waals surface area contributed by atoms with Gasteiger partial charge in [-0.15, -0.1) is 0 Å². The summed E-state index contributed by atoms with van der Waals surface area (Å²) >= 11 is 0. The highest BCUT2D eigenvalue weighted by atomic mass is 15.3. The van der Waals surface area contributed by atoms with Crippen molar-refractivity contribution in [3.05, 3.63) is 18.5 Å². The average molecular weight is 133 g/mol. The van der Waals surface area contributed by atoms with Crippen molar-refractivity contribution in [2.45, 2.75) is 26.1 Å². The zero-order valence-corrected chi connectivity index (χ0v) is 4.63. The zero-order valence-electron chi connectivity index (χ0n) is 13.6. The molecular weight excluding hydrogens is 112 g/mol. The largest absolute Gasteiger partial charge is 0.268 e. The maximum atomic E-state index is 7.38. The minimum atomic E-state index is -3.27. The Hall–Kier alpha value is -0.790. The molecule has 0 N–H and O–H groups in total. The second kappa shape index (κ2) is 1.87. The maximum absolute atomic E-state index is 7.38. The van der Waals surface area contributed by atoms with Gasteiger partial charge in [0.1, 0.15) is 0 Å². The molecule has 0 saturated heterocycles. The lowest BCUT2D eigenvalue weighted by Gasteiger charge is -2.18.